The first-order valence-corrected chi connectivity index (χ1v) is 7.51. The van der Waals surface area contributed by atoms with Crippen molar-refractivity contribution >= 4 is 12.2 Å². The average Bonchev–Trinajstić information content (AvgIpc) is 2.38. The van der Waals surface area contributed by atoms with Crippen LogP contribution in [0.15, 0.2) is 18.2 Å². The number of carbonyl (C=O) groups excluding carboxylic acids is 1. The summed E-state index contributed by atoms with van der Waals surface area (Å²) in [4.78, 5) is 11.5. The van der Waals surface area contributed by atoms with E-state index in [1.165, 1.54) is 16.7 Å². The number of methoxy groups -OCH3 is 1. The maximum atomic E-state index is 11.5. The third-order valence-electron chi connectivity index (χ3n) is 3.07. The molecule has 122 valence electrons. The third-order valence-corrected chi connectivity index (χ3v) is 3.07. The van der Waals surface area contributed by atoms with E-state index in [0.29, 0.717) is 6.54 Å². The molecule has 0 heterocycles. The van der Waals surface area contributed by atoms with Crippen LogP contribution in [0.25, 0.3) is 6.08 Å². The zero-order valence-electron chi connectivity index (χ0n) is 14.4. The highest BCUT2D eigenvalue weighted by Crippen LogP contribution is 2.22. The van der Waals surface area contributed by atoms with Crippen molar-refractivity contribution in [2.75, 3.05) is 13.7 Å². The van der Waals surface area contributed by atoms with E-state index in [2.05, 4.69) is 31.3 Å². The van der Waals surface area contributed by atoms with Crippen molar-refractivity contribution in [2.24, 2.45) is 0 Å². The normalized spacial score (nSPS) is 11.5. The predicted molar refractivity (Wildman–Crippen MR) is 90.4 cm³/mol. The van der Waals surface area contributed by atoms with Crippen molar-refractivity contribution in [3.8, 4) is 5.75 Å². The van der Waals surface area contributed by atoms with Gasteiger partial charge in [0.25, 0.3) is 0 Å². The summed E-state index contributed by atoms with van der Waals surface area (Å²) < 4.78 is 10.4. The van der Waals surface area contributed by atoms with Crippen molar-refractivity contribution in [1.29, 1.82) is 0 Å². The van der Waals surface area contributed by atoms with Crippen molar-refractivity contribution in [1.82, 2.24) is 5.32 Å². The van der Waals surface area contributed by atoms with Crippen molar-refractivity contribution in [3.05, 3.63) is 34.9 Å². The lowest BCUT2D eigenvalue weighted by atomic mass is 10.0. The highest BCUT2D eigenvalue weighted by atomic mass is 16.6. The lowest BCUT2D eigenvalue weighted by molar-refractivity contribution is 0.0529. The van der Waals surface area contributed by atoms with Gasteiger partial charge in [-0.25, -0.2) is 4.79 Å². The molecule has 0 fully saturated rings. The highest BCUT2D eigenvalue weighted by molar-refractivity contribution is 5.67. The molecule has 1 aromatic carbocycles. The van der Waals surface area contributed by atoms with Gasteiger partial charge < -0.3 is 14.8 Å². The summed E-state index contributed by atoms with van der Waals surface area (Å²) in [6.45, 7) is 10.2. The molecular weight excluding hydrogens is 278 g/mol. The maximum absolute atomic E-state index is 11.5. The number of benzene rings is 1. The second-order valence-corrected chi connectivity index (χ2v) is 6.29. The fraction of sp³-hybridized carbons (Fsp3) is 0.500. The van der Waals surface area contributed by atoms with E-state index in [1.807, 2.05) is 32.9 Å². The summed E-state index contributed by atoms with van der Waals surface area (Å²) in [5.41, 5.74) is 3.08. The fourth-order valence-corrected chi connectivity index (χ4v) is 2.09. The van der Waals surface area contributed by atoms with E-state index in [9.17, 15) is 4.79 Å². The van der Waals surface area contributed by atoms with Crippen LogP contribution in [-0.4, -0.2) is 25.3 Å². The van der Waals surface area contributed by atoms with Gasteiger partial charge in [-0.2, -0.15) is 0 Å². The number of rotatable bonds is 5. The molecule has 0 aliphatic carbocycles. The smallest absolute Gasteiger partial charge is 0.407 e. The first-order chi connectivity index (χ1) is 10.2. The molecule has 0 bridgehead atoms. The Kier molecular flexibility index (Phi) is 6.47. The molecule has 4 heteroatoms. The average molecular weight is 305 g/mol. The van der Waals surface area contributed by atoms with Gasteiger partial charge in [-0.05, 0) is 69.9 Å². The topological polar surface area (TPSA) is 47.6 Å². The summed E-state index contributed by atoms with van der Waals surface area (Å²) in [5.74, 6) is 0.874. The number of hydrogen-bond donors (Lipinski definition) is 1. The van der Waals surface area contributed by atoms with Gasteiger partial charge in [0.15, 0.2) is 0 Å². The molecule has 1 aromatic rings. The van der Waals surface area contributed by atoms with Gasteiger partial charge in [-0.1, -0.05) is 12.2 Å². The number of aryl methyl sites for hydroxylation is 2. The van der Waals surface area contributed by atoms with Crippen LogP contribution in [0.1, 0.15) is 43.9 Å². The maximum Gasteiger partial charge on any atom is 0.407 e. The first-order valence-electron chi connectivity index (χ1n) is 7.51. The number of carbonyl (C=O) groups is 1. The lowest BCUT2D eigenvalue weighted by Crippen LogP contribution is -2.32. The Hall–Kier alpha value is -1.97. The minimum absolute atomic E-state index is 0.377. The minimum Gasteiger partial charge on any atom is -0.497 e. The van der Waals surface area contributed by atoms with Gasteiger partial charge >= 0.3 is 6.09 Å². The third kappa shape index (κ3) is 6.20. The predicted octanol–water partition coefficient (Wildman–Crippen LogP) is 4.24. The monoisotopic (exact) mass is 305 g/mol. The molecule has 0 aliphatic heterocycles. The van der Waals surface area contributed by atoms with Gasteiger partial charge in [0.2, 0.25) is 0 Å². The fourth-order valence-electron chi connectivity index (χ4n) is 2.09. The molecule has 0 aliphatic rings. The Morgan fingerprint density at radius 1 is 1.23 bits per heavy atom. The number of nitrogens with one attached hydrogen (secondary N) is 1. The van der Waals surface area contributed by atoms with Crippen LogP contribution in [0.4, 0.5) is 4.79 Å². The van der Waals surface area contributed by atoms with Crippen LogP contribution in [0.5, 0.6) is 5.75 Å². The first kappa shape index (κ1) is 18.1. The van der Waals surface area contributed by atoms with Gasteiger partial charge in [-0.15, -0.1) is 0 Å². The largest absolute Gasteiger partial charge is 0.497 e. The molecule has 0 radical (unpaired) electrons. The standard InChI is InChI=1S/C18H27NO3/c1-13-11-15(21-6)12-14(2)16(13)9-7-8-10-19-17(20)22-18(3,4)5/h7,9,11-12H,8,10H2,1-6H3,(H,19,20). The molecule has 0 unspecified atom stereocenters. The van der Waals surface area contributed by atoms with Crippen LogP contribution >= 0.6 is 0 Å². The van der Waals surface area contributed by atoms with Crippen LogP contribution < -0.4 is 10.1 Å². The van der Waals surface area contributed by atoms with Gasteiger partial charge in [0, 0.05) is 6.54 Å². The van der Waals surface area contributed by atoms with E-state index in [0.717, 1.165) is 12.2 Å². The van der Waals surface area contributed by atoms with E-state index >= 15 is 0 Å². The van der Waals surface area contributed by atoms with Gasteiger partial charge in [-0.3, -0.25) is 0 Å². The lowest BCUT2D eigenvalue weighted by Gasteiger charge is -2.19. The zero-order chi connectivity index (χ0) is 16.8. The van der Waals surface area contributed by atoms with Gasteiger partial charge in [0.05, 0.1) is 7.11 Å². The highest BCUT2D eigenvalue weighted by Gasteiger charge is 2.15. The van der Waals surface area contributed by atoms with Crippen LogP contribution in [0, 0.1) is 13.8 Å². The number of hydrogen-bond acceptors (Lipinski definition) is 3. The summed E-state index contributed by atoms with van der Waals surface area (Å²) in [7, 11) is 1.67. The molecule has 4 nitrogen and oxygen atoms in total. The molecule has 1 amide bonds. The summed E-state index contributed by atoms with van der Waals surface area (Å²) >= 11 is 0. The molecule has 1 rings (SSSR count). The molecule has 0 saturated heterocycles. The quantitative estimate of drug-likeness (QED) is 0.828. The van der Waals surface area contributed by atoms with E-state index in [-0.39, 0.29) is 6.09 Å². The summed E-state index contributed by atoms with van der Waals surface area (Å²) in [6.07, 6.45) is 4.52. The Bertz CT molecular complexity index is 519. The van der Waals surface area contributed by atoms with E-state index < -0.39 is 5.60 Å². The molecule has 0 saturated carbocycles. The number of alkyl carbamates (subject to hydrolysis) is 1. The van der Waals surface area contributed by atoms with Crippen LogP contribution in [0.2, 0.25) is 0 Å². The van der Waals surface area contributed by atoms with E-state index in [1.54, 1.807) is 7.11 Å². The molecule has 0 aromatic heterocycles. The zero-order valence-corrected chi connectivity index (χ0v) is 14.4. The van der Waals surface area contributed by atoms with Crippen molar-refractivity contribution < 1.29 is 14.3 Å². The second kappa shape index (κ2) is 7.87. The Morgan fingerprint density at radius 2 is 1.82 bits per heavy atom. The van der Waals surface area contributed by atoms with E-state index in [4.69, 9.17) is 9.47 Å². The molecular formula is C18H27NO3. The Labute approximate surface area is 133 Å². The van der Waals surface area contributed by atoms with Gasteiger partial charge in [0.1, 0.15) is 11.4 Å². The minimum atomic E-state index is -0.461. The Morgan fingerprint density at radius 3 is 2.32 bits per heavy atom. The molecule has 0 spiro atoms. The summed E-state index contributed by atoms with van der Waals surface area (Å²) in [6, 6.07) is 4.04. The molecule has 22 heavy (non-hydrogen) atoms. The van der Waals surface area contributed by atoms with Crippen LogP contribution in [-0.2, 0) is 4.74 Å². The second-order valence-electron chi connectivity index (χ2n) is 6.29. The number of amides is 1. The Balaban J connectivity index is 2.49. The SMILES string of the molecule is COc1cc(C)c(C=CCCNC(=O)OC(C)(C)C)c(C)c1. The number of ether oxygens (including phenoxy) is 2. The molecule has 0 atom stereocenters. The molecule has 1 N–H and O–H groups in total. The van der Waals surface area contributed by atoms with Crippen molar-refractivity contribution in [3.63, 3.8) is 0 Å². The summed E-state index contributed by atoms with van der Waals surface area (Å²) in [5, 5.41) is 2.74. The van der Waals surface area contributed by atoms with Crippen molar-refractivity contribution in [2.45, 2.75) is 46.6 Å². The van der Waals surface area contributed by atoms with Crippen LogP contribution in [0.3, 0.4) is 0 Å².